The van der Waals surface area contributed by atoms with Gasteiger partial charge >= 0.3 is 5.97 Å². The molecule has 0 amide bonds. The number of pyridine rings is 2. The second kappa shape index (κ2) is 16.0. The quantitative estimate of drug-likeness (QED) is 0.124. The third-order valence-corrected chi connectivity index (χ3v) is 10.2. The highest BCUT2D eigenvalue weighted by molar-refractivity contribution is 6.36. The second-order valence-corrected chi connectivity index (χ2v) is 13.6. The van der Waals surface area contributed by atoms with E-state index in [0.717, 1.165) is 71.0 Å². The number of halogens is 2. The van der Waals surface area contributed by atoms with E-state index in [2.05, 4.69) is 22.4 Å². The second-order valence-electron chi connectivity index (χ2n) is 12.9. The van der Waals surface area contributed by atoms with Crippen LogP contribution in [-0.2, 0) is 24.3 Å². The number of aromatic nitrogens is 2. The molecule has 2 aromatic heterocycles. The summed E-state index contributed by atoms with van der Waals surface area (Å²) in [5.74, 6) is 0.324. The molecule has 1 fully saturated rings. The molecule has 0 radical (unpaired) electrons. The largest absolute Gasteiger partial charge is 0.481 e. The predicted molar refractivity (Wildman–Crippen MR) is 193 cm³/mol. The van der Waals surface area contributed by atoms with E-state index >= 15 is 0 Å². The van der Waals surface area contributed by atoms with Crippen LogP contribution >= 0.6 is 23.2 Å². The minimum Gasteiger partial charge on any atom is -0.481 e. The average Bonchev–Trinajstić information content (AvgIpc) is 3.72. The normalized spacial score (nSPS) is 18.3. The van der Waals surface area contributed by atoms with E-state index < -0.39 is 5.97 Å². The van der Waals surface area contributed by atoms with Crippen molar-refractivity contribution in [2.75, 3.05) is 27.8 Å². The van der Waals surface area contributed by atoms with Crippen molar-refractivity contribution in [1.29, 1.82) is 0 Å². The van der Waals surface area contributed by atoms with Gasteiger partial charge in [0, 0.05) is 47.9 Å². The van der Waals surface area contributed by atoms with Crippen LogP contribution in [0.5, 0.6) is 17.6 Å². The van der Waals surface area contributed by atoms with E-state index in [9.17, 15) is 9.90 Å². The van der Waals surface area contributed by atoms with Crippen molar-refractivity contribution in [3.8, 4) is 40.0 Å². The molecule has 2 aliphatic rings. The number of carboxylic acids is 1. The van der Waals surface area contributed by atoms with Crippen LogP contribution in [0, 0.1) is 0 Å². The monoisotopic (exact) mass is 720 g/mol. The molecule has 0 saturated heterocycles. The number of methoxy groups -OCH3 is 2. The molecule has 6 rings (SSSR count). The van der Waals surface area contributed by atoms with Gasteiger partial charge in [-0.25, -0.2) is 4.98 Å². The van der Waals surface area contributed by atoms with E-state index in [1.165, 1.54) is 7.11 Å². The zero-order chi connectivity index (χ0) is 35.4. The van der Waals surface area contributed by atoms with Gasteiger partial charge in [0.05, 0.1) is 37.5 Å². The Morgan fingerprint density at radius 1 is 0.940 bits per heavy atom. The first-order chi connectivity index (χ1) is 24.2. The molecule has 4 aromatic rings. The summed E-state index contributed by atoms with van der Waals surface area (Å²) in [7, 11) is 4.99. The van der Waals surface area contributed by atoms with Crippen molar-refractivity contribution in [3.63, 3.8) is 0 Å². The number of nitrogens with one attached hydrogen (secondary N) is 1. The first kappa shape index (κ1) is 35.9. The molecule has 12 heteroatoms. The van der Waals surface area contributed by atoms with E-state index in [1.54, 1.807) is 13.2 Å². The molecular formula is C38H42Cl2N4O6. The minimum atomic E-state index is -0.854. The Balaban J connectivity index is 1.22. The molecule has 0 unspecified atom stereocenters. The van der Waals surface area contributed by atoms with E-state index in [4.69, 9.17) is 47.5 Å². The van der Waals surface area contributed by atoms with Gasteiger partial charge in [-0.1, -0.05) is 65.7 Å². The van der Waals surface area contributed by atoms with Crippen LogP contribution in [0.15, 0.2) is 54.6 Å². The van der Waals surface area contributed by atoms with Gasteiger partial charge in [-0.15, -0.1) is 0 Å². The molecule has 2 aliphatic carbocycles. The van der Waals surface area contributed by atoms with Gasteiger partial charge in [-0.2, -0.15) is 4.98 Å². The molecule has 10 nitrogen and oxygen atoms in total. The van der Waals surface area contributed by atoms with Crippen LogP contribution in [0.25, 0.3) is 22.4 Å². The summed E-state index contributed by atoms with van der Waals surface area (Å²) in [6, 6.07) is 17.9. The lowest BCUT2D eigenvalue weighted by Gasteiger charge is -2.20. The minimum absolute atomic E-state index is 0.0315. The maximum Gasteiger partial charge on any atom is 0.304 e. The van der Waals surface area contributed by atoms with Gasteiger partial charge in [-0.3, -0.25) is 4.79 Å². The lowest BCUT2D eigenvalue weighted by molar-refractivity contribution is -0.137. The molecule has 2 heterocycles. The van der Waals surface area contributed by atoms with Gasteiger partial charge < -0.3 is 34.6 Å². The van der Waals surface area contributed by atoms with Crippen LogP contribution in [-0.4, -0.2) is 71.0 Å². The average molecular weight is 722 g/mol. The zero-order valence-corrected chi connectivity index (χ0v) is 29.9. The lowest BCUT2D eigenvalue weighted by atomic mass is 9.94. The fourth-order valence-corrected chi connectivity index (χ4v) is 7.48. The van der Waals surface area contributed by atoms with Crippen molar-refractivity contribution in [3.05, 3.63) is 86.9 Å². The van der Waals surface area contributed by atoms with Gasteiger partial charge in [0.15, 0.2) is 0 Å². The zero-order valence-electron chi connectivity index (χ0n) is 28.4. The van der Waals surface area contributed by atoms with Crippen LogP contribution in [0.3, 0.4) is 0 Å². The van der Waals surface area contributed by atoms with E-state index in [-0.39, 0.29) is 30.6 Å². The fourth-order valence-electron chi connectivity index (χ4n) is 6.94. The summed E-state index contributed by atoms with van der Waals surface area (Å²) in [5.41, 5.74) is 7.28. The summed E-state index contributed by atoms with van der Waals surface area (Å²) in [5, 5.41) is 23.6. The number of aliphatic hydroxyl groups is 1. The van der Waals surface area contributed by atoms with Gasteiger partial charge in [-0.05, 0) is 68.0 Å². The highest BCUT2D eigenvalue weighted by atomic mass is 35.5. The number of ether oxygens (including phenoxy) is 3. The summed E-state index contributed by atoms with van der Waals surface area (Å²) < 4.78 is 17.7. The van der Waals surface area contributed by atoms with Crippen molar-refractivity contribution in [2.24, 2.45) is 0 Å². The number of carbonyl (C=O) groups is 1. The van der Waals surface area contributed by atoms with E-state index in [0.29, 0.717) is 47.1 Å². The third kappa shape index (κ3) is 7.85. The molecule has 0 spiro atoms. The Hall–Kier alpha value is -3.93. The number of fused-ring (bicyclic) bond motifs is 1. The Labute approximate surface area is 302 Å². The van der Waals surface area contributed by atoms with Crippen LogP contribution < -0.4 is 19.5 Å². The van der Waals surface area contributed by atoms with Gasteiger partial charge in [0.2, 0.25) is 17.6 Å². The molecule has 2 aromatic carbocycles. The first-order valence-corrected chi connectivity index (χ1v) is 17.6. The standard InChI is InChI=1S/C38H42Cl2N4O6/c1-44(18-17-34(46)47)21-23-19-29(39)38(43-37(23)49-3)50-33-16-14-25-24(7-4-8-26(25)33)27-9-5-10-28(35(27)40)30-15-13-22(36(42-30)48-2)20-41-31-11-6-12-32(31)45/h4-5,7-10,13,15,19,31-33,41,45H,6,11-12,14,16-18,20-21H2,1-3H3,(H,46,47)/t31-,32+,33+/m1/s1. The Morgan fingerprint density at radius 3 is 2.42 bits per heavy atom. The molecular weight excluding hydrogens is 679 g/mol. The molecule has 264 valence electrons. The fraction of sp³-hybridized carbons (Fsp3) is 0.395. The molecule has 0 bridgehead atoms. The molecule has 1 saturated carbocycles. The number of hydrogen-bond acceptors (Lipinski definition) is 9. The van der Waals surface area contributed by atoms with Gasteiger partial charge in [0.25, 0.3) is 0 Å². The van der Waals surface area contributed by atoms with Crippen LogP contribution in [0.1, 0.15) is 60.5 Å². The highest BCUT2D eigenvalue weighted by Crippen LogP contribution is 2.44. The number of aliphatic hydroxyl groups excluding tert-OH is 1. The molecule has 3 N–H and O–H groups in total. The molecule has 3 atom stereocenters. The van der Waals surface area contributed by atoms with Crippen LogP contribution in [0.2, 0.25) is 10.0 Å². The number of benzene rings is 2. The number of hydrogen-bond donors (Lipinski definition) is 3. The maximum atomic E-state index is 11.0. The summed E-state index contributed by atoms with van der Waals surface area (Å²) in [6.07, 6.45) is 3.75. The number of nitrogens with zero attached hydrogens (tertiary/aromatic N) is 3. The molecule has 50 heavy (non-hydrogen) atoms. The number of rotatable bonds is 14. The summed E-state index contributed by atoms with van der Waals surface area (Å²) in [6.45, 7) is 1.35. The number of aliphatic carboxylic acids is 1. The Bertz CT molecular complexity index is 1860. The Kier molecular flexibility index (Phi) is 11.4. The van der Waals surface area contributed by atoms with Crippen LogP contribution in [0.4, 0.5) is 0 Å². The lowest BCUT2D eigenvalue weighted by Crippen LogP contribution is -2.35. The smallest absolute Gasteiger partial charge is 0.304 e. The Morgan fingerprint density at radius 2 is 1.68 bits per heavy atom. The van der Waals surface area contributed by atoms with Crippen molar-refractivity contribution in [2.45, 2.75) is 69.9 Å². The SMILES string of the molecule is COc1nc(-c2cccc(-c3cccc4c3CC[C@@H]4Oc3nc(OC)c(CN(C)CCC(=O)O)cc3Cl)c2Cl)ccc1CN[C@@H]1CCC[C@@H]1O. The summed E-state index contributed by atoms with van der Waals surface area (Å²) in [4.78, 5) is 22.3. The van der Waals surface area contributed by atoms with Gasteiger partial charge in [0.1, 0.15) is 11.1 Å². The number of carboxylic acid groups (broad SMARTS) is 1. The van der Waals surface area contributed by atoms with Crippen molar-refractivity contribution >= 4 is 29.2 Å². The molecule has 0 aliphatic heterocycles. The topological polar surface area (TPSA) is 126 Å². The summed E-state index contributed by atoms with van der Waals surface area (Å²) >= 11 is 13.8. The first-order valence-electron chi connectivity index (χ1n) is 16.8. The van der Waals surface area contributed by atoms with Crippen molar-refractivity contribution < 1.29 is 29.2 Å². The highest BCUT2D eigenvalue weighted by Gasteiger charge is 2.29. The van der Waals surface area contributed by atoms with E-state index in [1.807, 2.05) is 48.3 Å². The third-order valence-electron chi connectivity index (χ3n) is 9.53. The van der Waals surface area contributed by atoms with Crippen molar-refractivity contribution in [1.82, 2.24) is 20.2 Å². The maximum absolute atomic E-state index is 11.0. The predicted octanol–water partition coefficient (Wildman–Crippen LogP) is 7.11.